The summed E-state index contributed by atoms with van der Waals surface area (Å²) < 4.78 is 37.8. The summed E-state index contributed by atoms with van der Waals surface area (Å²) in [7, 11) is 7.98. The topological polar surface area (TPSA) is 156 Å². The van der Waals surface area contributed by atoms with Gasteiger partial charge in [-0.1, -0.05) is 12.1 Å². The third-order valence-electron chi connectivity index (χ3n) is 10.5. The number of methoxy groups -OCH3 is 5. The molecule has 3 aromatic carbocycles. The fourth-order valence-electron chi connectivity index (χ4n) is 7.08. The Morgan fingerprint density at radius 3 is 1.92 bits per heavy atom. The lowest BCUT2D eigenvalue weighted by molar-refractivity contribution is -0.129. The number of hydrogen-bond donors (Lipinski definition) is 1. The largest absolute Gasteiger partial charge is 0.497 e. The Labute approximate surface area is 362 Å². The number of aromatic amines is 1. The first-order valence-electron chi connectivity index (χ1n) is 18.8. The number of H-pyrrole nitrogens is 1. The monoisotopic (exact) mass is 943 g/mol. The predicted octanol–water partition coefficient (Wildman–Crippen LogP) is 8.03. The van der Waals surface area contributed by atoms with E-state index >= 15 is 0 Å². The van der Waals surface area contributed by atoms with Gasteiger partial charge in [0.15, 0.2) is 23.0 Å². The third kappa shape index (κ3) is 8.49. The first-order valence-corrected chi connectivity index (χ1v) is 20.4. The molecule has 1 aliphatic heterocycles. The van der Waals surface area contributed by atoms with Gasteiger partial charge < -0.3 is 38.3 Å². The van der Waals surface area contributed by atoms with Crippen molar-refractivity contribution >= 4 is 48.8 Å². The zero-order valence-electron chi connectivity index (χ0n) is 33.9. The highest BCUT2D eigenvalue weighted by atomic mass is 79.9. The molecule has 7 aromatic rings. The summed E-state index contributed by atoms with van der Waals surface area (Å²) in [6.45, 7) is 4.64. The van der Waals surface area contributed by atoms with Crippen molar-refractivity contribution in [1.29, 1.82) is 0 Å². The summed E-state index contributed by atoms with van der Waals surface area (Å²) >= 11 is 6.88. The summed E-state index contributed by atoms with van der Waals surface area (Å²) in [6, 6.07) is 18.8. The van der Waals surface area contributed by atoms with Crippen molar-refractivity contribution < 1.29 is 33.2 Å². The van der Waals surface area contributed by atoms with E-state index in [1.54, 1.807) is 70.8 Å². The SMILES string of the molecule is COc1ccc(-c2cn3ncc(Br)c3c(=O)[nH]2)cc1OC.COc1ccc([C@@H](C)N2C[C@H]([C@@H](C)Oc3nc(-c4ccc(OC)c(OC)c4)cn4ncc(Br)c34)CC2=O)cc1. The molecular weight excluding hydrogens is 902 g/mol. The smallest absolute Gasteiger partial charge is 0.275 e. The van der Waals surface area contributed by atoms with Gasteiger partial charge >= 0.3 is 0 Å². The minimum Gasteiger partial charge on any atom is -0.497 e. The molecule has 1 fully saturated rings. The zero-order valence-corrected chi connectivity index (χ0v) is 37.1. The van der Waals surface area contributed by atoms with Gasteiger partial charge in [0.1, 0.15) is 22.9 Å². The number of benzene rings is 3. The highest BCUT2D eigenvalue weighted by molar-refractivity contribution is 9.11. The molecule has 0 radical (unpaired) electrons. The van der Waals surface area contributed by atoms with Crippen LogP contribution < -0.4 is 34.0 Å². The Hall–Kier alpha value is -6.07. The van der Waals surface area contributed by atoms with E-state index in [1.807, 2.05) is 66.6 Å². The molecule has 0 aliphatic carbocycles. The van der Waals surface area contributed by atoms with Crippen molar-refractivity contribution in [2.45, 2.75) is 32.4 Å². The van der Waals surface area contributed by atoms with Crippen LogP contribution in [-0.4, -0.2) is 88.2 Å². The number of aromatic nitrogens is 6. The Morgan fingerprint density at radius 2 is 1.30 bits per heavy atom. The second-order valence-corrected chi connectivity index (χ2v) is 15.6. The quantitative estimate of drug-likeness (QED) is 0.127. The van der Waals surface area contributed by atoms with Crippen LogP contribution in [0, 0.1) is 5.92 Å². The van der Waals surface area contributed by atoms with Crippen LogP contribution in [0.3, 0.4) is 0 Å². The van der Waals surface area contributed by atoms with E-state index in [9.17, 15) is 9.59 Å². The fraction of sp³-hybridized carbons (Fsp3) is 0.279. The van der Waals surface area contributed by atoms with Gasteiger partial charge in [-0.3, -0.25) is 9.59 Å². The molecule has 1 N–H and O–H groups in total. The number of halogens is 2. The molecule has 4 aromatic heterocycles. The van der Waals surface area contributed by atoms with E-state index in [0.29, 0.717) is 63.2 Å². The standard InChI is InChI=1S/C29H31BrN4O5.C14H12BrN3O3/c1-17(19-6-9-22(36-3)10-7-19)33-15-21(13-27(33)35)18(2)39-29-28-23(30)14-31-34(28)16-24(32-29)20-8-11-25(37-4)26(12-20)38-5;1-20-11-4-3-8(5-12(11)21-2)10-7-18-13(14(19)17-10)9(15)6-16-18/h6-12,14,16-18,21H,13,15H2,1-5H3;3-7H,1-2H3,(H,17,19)/t17-,18-,21-;/m1./s1. The fourth-order valence-corrected chi connectivity index (χ4v) is 7.98. The van der Waals surface area contributed by atoms with Gasteiger partial charge in [0.05, 0.1) is 86.7 Å². The van der Waals surface area contributed by atoms with Gasteiger partial charge in [-0.05, 0) is 99.8 Å². The number of ether oxygens (including phenoxy) is 6. The van der Waals surface area contributed by atoms with Crippen molar-refractivity contribution in [2.24, 2.45) is 5.92 Å². The van der Waals surface area contributed by atoms with Crippen LogP contribution in [0.15, 0.2) is 99.2 Å². The third-order valence-corrected chi connectivity index (χ3v) is 11.6. The molecule has 1 amide bonds. The zero-order chi connectivity index (χ0) is 42.7. The van der Waals surface area contributed by atoms with Gasteiger partial charge in [-0.15, -0.1) is 0 Å². The van der Waals surface area contributed by atoms with E-state index < -0.39 is 0 Å². The highest BCUT2D eigenvalue weighted by Crippen LogP contribution is 2.37. The summed E-state index contributed by atoms with van der Waals surface area (Å²) in [5.41, 5.74) is 4.98. The minimum absolute atomic E-state index is 0.00600. The van der Waals surface area contributed by atoms with E-state index in [2.05, 4.69) is 54.0 Å². The average Bonchev–Trinajstić information content (AvgIpc) is 3.98. The van der Waals surface area contributed by atoms with Crippen LogP contribution in [0.25, 0.3) is 33.5 Å². The summed E-state index contributed by atoms with van der Waals surface area (Å²) in [4.78, 5) is 34.8. The molecule has 1 saturated heterocycles. The molecule has 0 spiro atoms. The number of nitrogens with one attached hydrogen (secondary N) is 1. The van der Waals surface area contributed by atoms with Gasteiger partial charge in [-0.2, -0.15) is 10.2 Å². The first-order chi connectivity index (χ1) is 29.0. The number of amides is 1. The number of hydrogen-bond acceptors (Lipinski definition) is 11. The van der Waals surface area contributed by atoms with Gasteiger partial charge in [-0.25, -0.2) is 14.0 Å². The number of carbonyl (C=O) groups is 1. The van der Waals surface area contributed by atoms with Crippen molar-refractivity contribution in [3.05, 3.63) is 110 Å². The van der Waals surface area contributed by atoms with E-state index in [-0.39, 0.29) is 29.5 Å². The predicted molar refractivity (Wildman–Crippen MR) is 233 cm³/mol. The Kier molecular flexibility index (Phi) is 12.7. The molecule has 5 heterocycles. The van der Waals surface area contributed by atoms with Crippen LogP contribution in [0.2, 0.25) is 0 Å². The summed E-state index contributed by atoms with van der Waals surface area (Å²) in [5, 5.41) is 8.60. The van der Waals surface area contributed by atoms with Crippen molar-refractivity contribution in [3.8, 4) is 57.1 Å². The van der Waals surface area contributed by atoms with Gasteiger partial charge in [0.2, 0.25) is 11.8 Å². The average molecular weight is 946 g/mol. The number of likely N-dealkylation sites (tertiary alicyclic amines) is 1. The maximum Gasteiger partial charge on any atom is 0.275 e. The van der Waals surface area contributed by atoms with Crippen LogP contribution in [0.1, 0.15) is 31.9 Å². The molecule has 0 unspecified atom stereocenters. The van der Waals surface area contributed by atoms with Gasteiger partial charge in [0.25, 0.3) is 5.56 Å². The normalized spacial score (nSPS) is 14.7. The summed E-state index contributed by atoms with van der Waals surface area (Å²) in [5.74, 6) is 3.81. The molecule has 0 saturated carbocycles. The van der Waals surface area contributed by atoms with E-state index in [4.69, 9.17) is 33.4 Å². The number of carbonyl (C=O) groups excluding carboxylic acids is 1. The lowest BCUT2D eigenvalue weighted by Gasteiger charge is -2.26. The van der Waals surface area contributed by atoms with E-state index in [1.165, 1.54) is 4.52 Å². The van der Waals surface area contributed by atoms with Crippen LogP contribution in [0.5, 0.6) is 34.6 Å². The molecule has 15 nitrogen and oxygen atoms in total. The van der Waals surface area contributed by atoms with Crippen molar-refractivity contribution in [1.82, 2.24) is 34.1 Å². The van der Waals surface area contributed by atoms with E-state index in [0.717, 1.165) is 32.4 Å². The Balaban J connectivity index is 0.000000218. The number of rotatable bonds is 12. The maximum atomic E-state index is 13.0. The van der Waals surface area contributed by atoms with Crippen molar-refractivity contribution in [3.63, 3.8) is 0 Å². The maximum absolute atomic E-state index is 13.0. The van der Waals surface area contributed by atoms with Crippen LogP contribution in [-0.2, 0) is 4.79 Å². The van der Waals surface area contributed by atoms with Gasteiger partial charge in [0, 0.05) is 30.0 Å². The molecular formula is C43H43Br2N7O8. The lowest BCUT2D eigenvalue weighted by Crippen LogP contribution is -2.31. The second kappa shape index (κ2) is 18.0. The molecule has 3 atom stereocenters. The Bertz CT molecular complexity index is 2720. The lowest BCUT2D eigenvalue weighted by atomic mass is 10.0. The summed E-state index contributed by atoms with van der Waals surface area (Å²) in [6.07, 6.45) is 7.04. The molecule has 8 rings (SSSR count). The molecule has 0 bridgehead atoms. The molecule has 17 heteroatoms. The van der Waals surface area contributed by atoms with Crippen LogP contribution in [0.4, 0.5) is 0 Å². The first kappa shape index (κ1) is 42.1. The van der Waals surface area contributed by atoms with Crippen molar-refractivity contribution in [2.75, 3.05) is 42.1 Å². The highest BCUT2D eigenvalue weighted by Gasteiger charge is 2.37. The minimum atomic E-state index is -0.263. The molecule has 60 heavy (non-hydrogen) atoms. The van der Waals surface area contributed by atoms with Crippen LogP contribution >= 0.6 is 31.9 Å². The number of nitrogens with zero attached hydrogens (tertiary/aromatic N) is 6. The second-order valence-electron chi connectivity index (χ2n) is 13.9. The molecule has 1 aliphatic rings. The Morgan fingerprint density at radius 1 is 0.717 bits per heavy atom. The molecule has 312 valence electrons. The number of fused-ring (bicyclic) bond motifs is 2.